The summed E-state index contributed by atoms with van der Waals surface area (Å²) in [6, 6.07) is 3.91. The molecule has 27 heavy (non-hydrogen) atoms. The standard InChI is InChI=1S/C21H22N2O3S/c1-12-3-4-16(22-11-12)21-23-19(13(2)27-21)18-17(24)10-15(20(18)25)9-14-5-7-26-8-6-14/h3-4,10-11,14,18H,5-9H2,1-2H3. The molecule has 0 spiro atoms. The highest BCUT2D eigenvalue weighted by Gasteiger charge is 2.39. The number of Topliss-reactive ketones (excluding diaryl/α,β-unsaturated/α-hetero) is 1. The second-order valence-electron chi connectivity index (χ2n) is 7.31. The van der Waals surface area contributed by atoms with Crippen LogP contribution in [0.2, 0.25) is 0 Å². The van der Waals surface area contributed by atoms with Gasteiger partial charge in [-0.05, 0) is 56.7 Å². The quantitative estimate of drug-likeness (QED) is 0.752. The first-order valence-corrected chi connectivity index (χ1v) is 10.1. The zero-order valence-electron chi connectivity index (χ0n) is 15.5. The van der Waals surface area contributed by atoms with Gasteiger partial charge >= 0.3 is 0 Å². The van der Waals surface area contributed by atoms with Crippen LogP contribution in [0.25, 0.3) is 10.7 Å². The molecule has 1 aliphatic heterocycles. The van der Waals surface area contributed by atoms with Crippen LogP contribution in [0.1, 0.15) is 41.3 Å². The smallest absolute Gasteiger partial charge is 0.175 e. The van der Waals surface area contributed by atoms with Gasteiger partial charge in [0, 0.05) is 29.9 Å². The topological polar surface area (TPSA) is 69.2 Å². The Hall–Kier alpha value is -2.18. The monoisotopic (exact) mass is 382 g/mol. The van der Waals surface area contributed by atoms with Gasteiger partial charge in [0.15, 0.2) is 11.6 Å². The molecule has 0 radical (unpaired) electrons. The van der Waals surface area contributed by atoms with E-state index < -0.39 is 5.92 Å². The van der Waals surface area contributed by atoms with E-state index in [0.29, 0.717) is 23.6 Å². The molecule has 5 nitrogen and oxygen atoms in total. The van der Waals surface area contributed by atoms with Crippen molar-refractivity contribution >= 4 is 22.9 Å². The third-order valence-electron chi connectivity index (χ3n) is 5.27. The molecule has 2 aliphatic rings. The van der Waals surface area contributed by atoms with E-state index in [9.17, 15) is 9.59 Å². The van der Waals surface area contributed by atoms with Crippen LogP contribution in [0.3, 0.4) is 0 Å². The van der Waals surface area contributed by atoms with Crippen molar-refractivity contribution in [2.24, 2.45) is 5.92 Å². The molecule has 1 atom stereocenters. The predicted octanol–water partition coefficient (Wildman–Crippen LogP) is 3.80. The third kappa shape index (κ3) is 3.64. The maximum Gasteiger partial charge on any atom is 0.175 e. The van der Waals surface area contributed by atoms with Crippen molar-refractivity contribution in [3.8, 4) is 10.7 Å². The number of aryl methyl sites for hydroxylation is 2. The number of aromatic nitrogens is 2. The maximum atomic E-state index is 13.0. The third-order valence-corrected chi connectivity index (χ3v) is 6.27. The zero-order valence-corrected chi connectivity index (χ0v) is 16.3. The number of nitrogens with zero attached hydrogens (tertiary/aromatic N) is 2. The van der Waals surface area contributed by atoms with Crippen LogP contribution in [0.5, 0.6) is 0 Å². The van der Waals surface area contributed by atoms with E-state index in [2.05, 4.69) is 9.97 Å². The van der Waals surface area contributed by atoms with Crippen LogP contribution < -0.4 is 0 Å². The van der Waals surface area contributed by atoms with Crippen LogP contribution in [-0.2, 0) is 14.3 Å². The van der Waals surface area contributed by atoms with Gasteiger partial charge in [0.1, 0.15) is 10.9 Å². The Morgan fingerprint density at radius 3 is 2.67 bits per heavy atom. The van der Waals surface area contributed by atoms with Crippen LogP contribution in [-0.4, -0.2) is 34.7 Å². The summed E-state index contributed by atoms with van der Waals surface area (Å²) < 4.78 is 5.38. The van der Waals surface area contributed by atoms with Gasteiger partial charge in [0.25, 0.3) is 0 Å². The van der Waals surface area contributed by atoms with E-state index in [0.717, 1.165) is 47.2 Å². The van der Waals surface area contributed by atoms with E-state index in [4.69, 9.17) is 4.74 Å². The molecule has 2 aromatic heterocycles. The molecule has 0 bridgehead atoms. The van der Waals surface area contributed by atoms with Crippen molar-refractivity contribution in [1.29, 1.82) is 0 Å². The summed E-state index contributed by atoms with van der Waals surface area (Å²) in [7, 11) is 0. The van der Waals surface area contributed by atoms with Gasteiger partial charge < -0.3 is 4.74 Å². The zero-order chi connectivity index (χ0) is 19.0. The minimum Gasteiger partial charge on any atom is -0.381 e. The van der Waals surface area contributed by atoms with Gasteiger partial charge in [-0.1, -0.05) is 6.07 Å². The molecule has 0 saturated carbocycles. The fourth-order valence-electron chi connectivity index (χ4n) is 3.70. The summed E-state index contributed by atoms with van der Waals surface area (Å²) in [6.07, 6.45) is 5.90. The highest BCUT2D eigenvalue weighted by atomic mass is 32.1. The van der Waals surface area contributed by atoms with Crippen LogP contribution >= 0.6 is 11.3 Å². The van der Waals surface area contributed by atoms with Crippen molar-refractivity contribution in [1.82, 2.24) is 9.97 Å². The van der Waals surface area contributed by atoms with E-state index >= 15 is 0 Å². The minimum absolute atomic E-state index is 0.0803. The normalized spacial score (nSPS) is 21.0. The number of pyridine rings is 1. The molecule has 3 heterocycles. The molecule has 140 valence electrons. The van der Waals surface area contributed by atoms with E-state index in [1.165, 1.54) is 11.3 Å². The number of carbonyl (C=O) groups excluding carboxylic acids is 2. The largest absolute Gasteiger partial charge is 0.381 e. The number of thiazole rings is 1. The molecule has 1 aliphatic carbocycles. The van der Waals surface area contributed by atoms with Gasteiger partial charge in [0.05, 0.1) is 11.4 Å². The summed E-state index contributed by atoms with van der Waals surface area (Å²) >= 11 is 1.48. The molecule has 2 aromatic rings. The average molecular weight is 382 g/mol. The number of hydrogen-bond donors (Lipinski definition) is 0. The number of rotatable bonds is 4. The van der Waals surface area contributed by atoms with Gasteiger partial charge in [0.2, 0.25) is 0 Å². The van der Waals surface area contributed by atoms with Crippen LogP contribution in [0.15, 0.2) is 30.0 Å². The van der Waals surface area contributed by atoms with Crippen LogP contribution in [0, 0.1) is 19.8 Å². The van der Waals surface area contributed by atoms with Gasteiger partial charge in [-0.2, -0.15) is 0 Å². The first-order valence-electron chi connectivity index (χ1n) is 9.29. The summed E-state index contributed by atoms with van der Waals surface area (Å²) in [4.78, 5) is 35.5. The Labute approximate surface area is 162 Å². The Bertz CT molecular complexity index is 908. The maximum absolute atomic E-state index is 13.0. The SMILES string of the molecule is Cc1ccc(-c2nc(C3C(=O)C=C(CC4CCOCC4)C3=O)c(C)s2)nc1. The predicted molar refractivity (Wildman–Crippen MR) is 104 cm³/mol. The van der Waals surface area contributed by atoms with Crippen molar-refractivity contribution in [3.63, 3.8) is 0 Å². The van der Waals surface area contributed by atoms with E-state index in [-0.39, 0.29) is 11.6 Å². The molecule has 0 N–H and O–H groups in total. The summed E-state index contributed by atoms with van der Waals surface area (Å²) in [5.41, 5.74) is 3.09. The van der Waals surface area contributed by atoms with Crippen molar-refractivity contribution in [3.05, 3.63) is 46.1 Å². The lowest BCUT2D eigenvalue weighted by atomic mass is 9.89. The molecule has 4 rings (SSSR count). The second-order valence-corrected chi connectivity index (χ2v) is 8.51. The number of carbonyl (C=O) groups is 2. The lowest BCUT2D eigenvalue weighted by molar-refractivity contribution is -0.123. The van der Waals surface area contributed by atoms with Gasteiger partial charge in [-0.25, -0.2) is 4.98 Å². The fourth-order valence-corrected chi connectivity index (χ4v) is 4.63. The summed E-state index contributed by atoms with van der Waals surface area (Å²) in [5, 5.41) is 0.751. The van der Waals surface area contributed by atoms with Crippen molar-refractivity contribution in [2.75, 3.05) is 13.2 Å². The number of ketones is 2. The summed E-state index contributed by atoms with van der Waals surface area (Å²) in [5.74, 6) is -0.582. The Morgan fingerprint density at radius 2 is 1.96 bits per heavy atom. The molecular formula is C21H22N2O3S. The molecular weight excluding hydrogens is 360 g/mol. The molecule has 1 fully saturated rings. The molecule has 6 heteroatoms. The number of ether oxygens (including phenoxy) is 1. The van der Waals surface area contributed by atoms with Crippen molar-refractivity contribution < 1.29 is 14.3 Å². The molecule has 1 saturated heterocycles. The molecule has 1 unspecified atom stereocenters. The van der Waals surface area contributed by atoms with Gasteiger partial charge in [-0.3, -0.25) is 14.6 Å². The van der Waals surface area contributed by atoms with E-state index in [1.54, 1.807) is 12.3 Å². The first kappa shape index (κ1) is 18.2. The van der Waals surface area contributed by atoms with E-state index in [1.807, 2.05) is 26.0 Å². The number of allylic oxidation sites excluding steroid dienone is 2. The lowest BCUT2D eigenvalue weighted by Gasteiger charge is -2.22. The Balaban J connectivity index is 1.56. The Kier molecular flexibility index (Phi) is 5.02. The summed E-state index contributed by atoms with van der Waals surface area (Å²) in [6.45, 7) is 5.38. The molecule has 0 aromatic carbocycles. The fraction of sp³-hybridized carbons (Fsp3) is 0.429. The minimum atomic E-state index is -0.782. The molecule has 0 amide bonds. The highest BCUT2D eigenvalue weighted by Crippen LogP contribution is 2.37. The second kappa shape index (κ2) is 7.44. The lowest BCUT2D eigenvalue weighted by Crippen LogP contribution is -2.19. The van der Waals surface area contributed by atoms with Gasteiger partial charge in [-0.15, -0.1) is 11.3 Å². The highest BCUT2D eigenvalue weighted by molar-refractivity contribution is 7.15. The Morgan fingerprint density at radius 1 is 1.19 bits per heavy atom. The number of hydrogen-bond acceptors (Lipinski definition) is 6. The van der Waals surface area contributed by atoms with Crippen LogP contribution in [0.4, 0.5) is 0 Å². The first-order chi connectivity index (χ1) is 13.0. The average Bonchev–Trinajstić information content (AvgIpc) is 3.16. The van der Waals surface area contributed by atoms with Crippen molar-refractivity contribution in [2.45, 2.75) is 39.0 Å².